The van der Waals surface area contributed by atoms with Crippen molar-refractivity contribution in [3.8, 4) is 0 Å². The van der Waals surface area contributed by atoms with Gasteiger partial charge in [-0.25, -0.2) is 0 Å². The monoisotopic (exact) mass is 268 g/mol. The molecule has 1 aliphatic carbocycles. The minimum Gasteiger partial charge on any atom is -0.392 e. The third-order valence-corrected chi connectivity index (χ3v) is 5.44. The number of rotatable bonds is 3. The van der Waals surface area contributed by atoms with Gasteiger partial charge in [0.1, 0.15) is 0 Å². The molecule has 2 unspecified atom stereocenters. The summed E-state index contributed by atoms with van der Waals surface area (Å²) in [5.41, 5.74) is 0. The molecule has 2 nitrogen and oxygen atoms in total. The Balaban J connectivity index is 2.18. The van der Waals surface area contributed by atoms with E-state index in [2.05, 4.69) is 20.8 Å². The van der Waals surface area contributed by atoms with Crippen molar-refractivity contribution < 1.29 is 10.2 Å². The average Bonchev–Trinajstić information content (AvgIpc) is 2.81. The predicted molar refractivity (Wildman–Crippen MR) is 75.5 cm³/mol. The maximum Gasteiger partial charge on any atom is 0.0937 e. The van der Waals surface area contributed by atoms with Gasteiger partial charge in [0.25, 0.3) is 0 Å². The summed E-state index contributed by atoms with van der Waals surface area (Å²) < 4.78 is 0. The van der Waals surface area contributed by atoms with E-state index in [1.807, 2.05) is 17.5 Å². The second-order valence-electron chi connectivity index (χ2n) is 5.99. The van der Waals surface area contributed by atoms with Crippen molar-refractivity contribution in [2.24, 2.45) is 23.7 Å². The quantitative estimate of drug-likeness (QED) is 0.881. The molecule has 0 aromatic carbocycles. The van der Waals surface area contributed by atoms with Crippen LogP contribution in [0.5, 0.6) is 0 Å². The highest BCUT2D eigenvalue weighted by molar-refractivity contribution is 7.10. The third kappa shape index (κ3) is 2.63. The first-order valence-corrected chi connectivity index (χ1v) is 7.80. The van der Waals surface area contributed by atoms with Crippen LogP contribution in [0.4, 0.5) is 0 Å². The summed E-state index contributed by atoms with van der Waals surface area (Å²) in [6.07, 6.45) is 1.28. The molecule has 1 fully saturated rings. The molecular weight excluding hydrogens is 244 g/mol. The molecule has 1 aromatic heterocycles. The lowest BCUT2D eigenvalue weighted by Crippen LogP contribution is -2.43. The van der Waals surface area contributed by atoms with Gasteiger partial charge in [-0.2, -0.15) is 0 Å². The fourth-order valence-corrected chi connectivity index (χ4v) is 4.08. The molecule has 0 aliphatic heterocycles. The number of thiophene rings is 1. The standard InChI is InChI=1S/C15H24O2S/c1-9(2)11-7-6-10(3)13(14(11)16)15(17)12-5-4-8-18-12/h4-5,8-11,13-17H,6-7H2,1-3H3/t10-,11-,13-,14?,15?/m1/s1. The van der Waals surface area contributed by atoms with Crippen molar-refractivity contribution in [1.82, 2.24) is 0 Å². The first-order chi connectivity index (χ1) is 8.52. The molecule has 0 spiro atoms. The Morgan fingerprint density at radius 1 is 1.33 bits per heavy atom. The summed E-state index contributed by atoms with van der Waals surface area (Å²) in [7, 11) is 0. The highest BCUT2D eigenvalue weighted by atomic mass is 32.1. The minimum absolute atomic E-state index is 0.0233. The van der Waals surface area contributed by atoms with E-state index in [1.54, 1.807) is 11.3 Å². The molecule has 0 amide bonds. The Kier molecular flexibility index (Phi) is 4.46. The molecule has 1 aromatic rings. The Labute approximate surface area is 114 Å². The van der Waals surface area contributed by atoms with Gasteiger partial charge >= 0.3 is 0 Å². The summed E-state index contributed by atoms with van der Waals surface area (Å²) in [6, 6.07) is 3.93. The summed E-state index contributed by atoms with van der Waals surface area (Å²) in [6.45, 7) is 6.48. The highest BCUT2D eigenvalue weighted by Crippen LogP contribution is 2.44. The number of hydrogen-bond acceptors (Lipinski definition) is 3. The van der Waals surface area contributed by atoms with E-state index in [1.165, 1.54) is 0 Å². The maximum absolute atomic E-state index is 10.6. The molecule has 5 atom stereocenters. The molecule has 2 rings (SSSR count). The molecule has 3 heteroatoms. The van der Waals surface area contributed by atoms with Crippen molar-refractivity contribution in [1.29, 1.82) is 0 Å². The second-order valence-corrected chi connectivity index (χ2v) is 6.97. The first-order valence-electron chi connectivity index (χ1n) is 6.92. The molecule has 0 bridgehead atoms. The van der Waals surface area contributed by atoms with Crippen LogP contribution in [0.3, 0.4) is 0 Å². The zero-order valence-corrected chi connectivity index (χ0v) is 12.2. The summed E-state index contributed by atoms with van der Waals surface area (Å²) in [5, 5.41) is 23.1. The fraction of sp³-hybridized carbons (Fsp3) is 0.733. The van der Waals surface area contributed by atoms with E-state index in [9.17, 15) is 10.2 Å². The van der Waals surface area contributed by atoms with Gasteiger partial charge in [0.05, 0.1) is 12.2 Å². The number of hydrogen-bond donors (Lipinski definition) is 2. The van der Waals surface area contributed by atoms with Gasteiger partial charge in [0.15, 0.2) is 0 Å². The van der Waals surface area contributed by atoms with Crippen LogP contribution in [-0.4, -0.2) is 16.3 Å². The highest BCUT2D eigenvalue weighted by Gasteiger charge is 2.41. The Bertz CT molecular complexity index is 361. The summed E-state index contributed by atoms with van der Waals surface area (Å²) in [4.78, 5) is 0.982. The fourth-order valence-electron chi connectivity index (χ4n) is 3.32. The lowest BCUT2D eigenvalue weighted by atomic mass is 9.67. The van der Waals surface area contributed by atoms with Crippen LogP contribution >= 0.6 is 11.3 Å². The third-order valence-electron chi connectivity index (χ3n) is 4.50. The van der Waals surface area contributed by atoms with Gasteiger partial charge < -0.3 is 10.2 Å². The smallest absolute Gasteiger partial charge is 0.0937 e. The van der Waals surface area contributed by atoms with Crippen LogP contribution in [0.15, 0.2) is 17.5 Å². The van der Waals surface area contributed by atoms with Crippen LogP contribution in [-0.2, 0) is 0 Å². The first kappa shape index (κ1) is 14.0. The van der Waals surface area contributed by atoms with Crippen LogP contribution in [0.2, 0.25) is 0 Å². The van der Waals surface area contributed by atoms with Crippen LogP contribution in [0.1, 0.15) is 44.6 Å². The van der Waals surface area contributed by atoms with Gasteiger partial charge in [-0.3, -0.25) is 0 Å². The van der Waals surface area contributed by atoms with Gasteiger partial charge in [-0.15, -0.1) is 11.3 Å². The minimum atomic E-state index is -0.517. The van der Waals surface area contributed by atoms with E-state index < -0.39 is 6.10 Å². The van der Waals surface area contributed by atoms with E-state index in [-0.39, 0.29) is 12.0 Å². The van der Waals surface area contributed by atoms with Gasteiger partial charge in [-0.05, 0) is 42.0 Å². The number of aliphatic hydroxyl groups is 2. The number of aliphatic hydroxyl groups excluding tert-OH is 2. The molecule has 1 heterocycles. The van der Waals surface area contributed by atoms with E-state index >= 15 is 0 Å². The SMILES string of the molecule is CC(C)[C@H]1CC[C@@H](C)[C@@H](C(O)c2cccs2)C1O. The zero-order chi connectivity index (χ0) is 13.3. The molecule has 0 radical (unpaired) electrons. The Morgan fingerprint density at radius 3 is 2.61 bits per heavy atom. The van der Waals surface area contributed by atoms with Crippen LogP contribution in [0.25, 0.3) is 0 Å². The van der Waals surface area contributed by atoms with Gasteiger partial charge in [0.2, 0.25) is 0 Å². The Morgan fingerprint density at radius 2 is 2.06 bits per heavy atom. The molecular formula is C15H24O2S. The lowest BCUT2D eigenvalue weighted by molar-refractivity contribution is -0.0812. The van der Waals surface area contributed by atoms with Crippen molar-refractivity contribution in [3.05, 3.63) is 22.4 Å². The van der Waals surface area contributed by atoms with Gasteiger partial charge in [-0.1, -0.05) is 26.8 Å². The Hall–Kier alpha value is -0.380. The lowest BCUT2D eigenvalue weighted by Gasteiger charge is -2.42. The van der Waals surface area contributed by atoms with E-state index in [4.69, 9.17) is 0 Å². The topological polar surface area (TPSA) is 40.5 Å². The molecule has 1 aliphatic rings. The summed E-state index contributed by atoms with van der Waals surface area (Å²) >= 11 is 1.58. The van der Waals surface area contributed by atoms with E-state index in [0.29, 0.717) is 17.8 Å². The maximum atomic E-state index is 10.6. The molecule has 18 heavy (non-hydrogen) atoms. The van der Waals surface area contributed by atoms with Crippen molar-refractivity contribution >= 4 is 11.3 Å². The largest absolute Gasteiger partial charge is 0.392 e. The van der Waals surface area contributed by atoms with E-state index in [0.717, 1.165) is 17.7 Å². The predicted octanol–water partition coefficient (Wildman–Crippen LogP) is 3.46. The molecule has 102 valence electrons. The molecule has 2 N–H and O–H groups in total. The second kappa shape index (κ2) is 5.72. The average molecular weight is 268 g/mol. The van der Waals surface area contributed by atoms with Crippen molar-refractivity contribution in [2.75, 3.05) is 0 Å². The van der Waals surface area contributed by atoms with Crippen LogP contribution in [0, 0.1) is 23.7 Å². The zero-order valence-electron chi connectivity index (χ0n) is 11.4. The van der Waals surface area contributed by atoms with Gasteiger partial charge in [0, 0.05) is 10.8 Å². The van der Waals surface area contributed by atoms with Crippen molar-refractivity contribution in [3.63, 3.8) is 0 Å². The van der Waals surface area contributed by atoms with Crippen LogP contribution < -0.4 is 0 Å². The normalized spacial score (nSPS) is 34.8. The molecule has 1 saturated carbocycles. The van der Waals surface area contributed by atoms with Crippen molar-refractivity contribution in [2.45, 2.75) is 45.8 Å². The summed E-state index contributed by atoms with van der Waals surface area (Å²) in [5.74, 6) is 1.16. The molecule has 0 saturated heterocycles.